The zero-order valence-corrected chi connectivity index (χ0v) is 16.9. The van der Waals surface area contributed by atoms with E-state index in [9.17, 15) is 27.2 Å². The number of benzene rings is 1. The van der Waals surface area contributed by atoms with Gasteiger partial charge >= 0.3 is 12.2 Å². The largest absolute Gasteiger partial charge is 0.411 e. The van der Waals surface area contributed by atoms with Crippen LogP contribution in [0.15, 0.2) is 18.2 Å². The van der Waals surface area contributed by atoms with Gasteiger partial charge in [-0.05, 0) is 43.4 Å². The van der Waals surface area contributed by atoms with E-state index in [1.807, 2.05) is 0 Å². The molecular weight excluding hydrogens is 430 g/mol. The van der Waals surface area contributed by atoms with Crippen LogP contribution in [-0.4, -0.2) is 54.9 Å². The highest BCUT2D eigenvalue weighted by molar-refractivity contribution is 6.30. The predicted molar refractivity (Wildman–Crippen MR) is 100 cm³/mol. The molecule has 6 nitrogen and oxygen atoms in total. The molecule has 1 aromatic rings. The first-order valence-electron chi connectivity index (χ1n) is 9.53. The lowest BCUT2D eigenvalue weighted by Crippen LogP contribution is -2.59. The number of nitrogens with one attached hydrogen (secondary N) is 2. The van der Waals surface area contributed by atoms with Crippen molar-refractivity contribution < 1.29 is 31.9 Å². The average molecular weight is 452 g/mol. The van der Waals surface area contributed by atoms with E-state index in [4.69, 9.17) is 16.3 Å². The minimum atomic E-state index is -4.41. The molecule has 3 rings (SSSR count). The summed E-state index contributed by atoms with van der Waals surface area (Å²) in [5.41, 5.74) is 0.531. The Labute approximate surface area is 175 Å². The highest BCUT2D eigenvalue weighted by Crippen LogP contribution is 2.41. The summed E-state index contributed by atoms with van der Waals surface area (Å²) in [5.74, 6) is -1.11. The molecule has 1 saturated carbocycles. The highest BCUT2D eigenvalue weighted by atomic mass is 35.5. The van der Waals surface area contributed by atoms with Crippen molar-refractivity contribution in [3.8, 4) is 0 Å². The van der Waals surface area contributed by atoms with Gasteiger partial charge in [0.1, 0.15) is 18.5 Å². The summed E-state index contributed by atoms with van der Waals surface area (Å²) in [7, 11) is 0. The predicted octanol–water partition coefficient (Wildman–Crippen LogP) is 3.41. The Morgan fingerprint density at radius 1 is 1.40 bits per heavy atom. The number of urea groups is 1. The van der Waals surface area contributed by atoms with Crippen LogP contribution in [0.1, 0.15) is 31.4 Å². The van der Waals surface area contributed by atoms with Gasteiger partial charge in [-0.15, -0.1) is 0 Å². The quantitative estimate of drug-likeness (QED) is 0.674. The fraction of sp³-hybridized carbons (Fsp3) is 0.579. The van der Waals surface area contributed by atoms with Crippen LogP contribution in [0, 0.1) is 11.7 Å². The summed E-state index contributed by atoms with van der Waals surface area (Å²) >= 11 is 5.88. The molecule has 1 saturated heterocycles. The molecule has 3 amide bonds. The molecule has 0 unspecified atom stereocenters. The zero-order valence-electron chi connectivity index (χ0n) is 16.1. The number of piperazine rings is 1. The van der Waals surface area contributed by atoms with Crippen LogP contribution >= 0.6 is 11.6 Å². The van der Waals surface area contributed by atoms with Crippen molar-refractivity contribution in [2.75, 3.05) is 19.7 Å². The number of ether oxygens (including phenoxy) is 1. The smallest absolute Gasteiger partial charge is 0.369 e. The van der Waals surface area contributed by atoms with Gasteiger partial charge in [0.15, 0.2) is 0 Å². The Bertz CT molecular complexity index is 802. The second-order valence-corrected chi connectivity index (χ2v) is 7.95. The lowest BCUT2D eigenvalue weighted by atomic mass is 9.75. The van der Waals surface area contributed by atoms with Crippen LogP contribution in [0.25, 0.3) is 0 Å². The summed E-state index contributed by atoms with van der Waals surface area (Å²) in [6.07, 6.45) is -4.39. The van der Waals surface area contributed by atoms with Crippen LogP contribution in [0.3, 0.4) is 0 Å². The van der Waals surface area contributed by atoms with E-state index >= 15 is 0 Å². The SMILES string of the molecule is C[C@@H]1C(=O)NCCN1C(=O)N[C@H](c1ccc(F)c(Cl)c1)[C@H]1C[C@H](OCC(F)(F)F)C1. The van der Waals surface area contributed by atoms with Crippen molar-refractivity contribution in [3.63, 3.8) is 0 Å². The van der Waals surface area contributed by atoms with Crippen LogP contribution in [0.2, 0.25) is 5.02 Å². The Hall–Kier alpha value is -2.07. The van der Waals surface area contributed by atoms with Crippen LogP contribution < -0.4 is 10.6 Å². The molecule has 0 spiro atoms. The average Bonchev–Trinajstić information content (AvgIpc) is 2.63. The van der Waals surface area contributed by atoms with Gasteiger partial charge in [0, 0.05) is 13.1 Å². The maximum atomic E-state index is 13.6. The summed E-state index contributed by atoms with van der Waals surface area (Å²) in [4.78, 5) is 26.0. The normalized spacial score (nSPS) is 25.3. The van der Waals surface area contributed by atoms with Gasteiger partial charge in [-0.2, -0.15) is 13.2 Å². The molecule has 2 atom stereocenters. The van der Waals surface area contributed by atoms with Crippen molar-refractivity contribution in [2.24, 2.45) is 5.92 Å². The Morgan fingerprint density at radius 2 is 2.10 bits per heavy atom. The van der Waals surface area contributed by atoms with E-state index in [0.29, 0.717) is 31.5 Å². The lowest BCUT2D eigenvalue weighted by molar-refractivity contribution is -0.198. The van der Waals surface area contributed by atoms with Crippen molar-refractivity contribution in [3.05, 3.63) is 34.6 Å². The van der Waals surface area contributed by atoms with E-state index < -0.39 is 42.8 Å². The van der Waals surface area contributed by atoms with Gasteiger partial charge in [-0.25, -0.2) is 9.18 Å². The van der Waals surface area contributed by atoms with Crippen LogP contribution in [0.5, 0.6) is 0 Å². The second kappa shape index (κ2) is 8.97. The van der Waals surface area contributed by atoms with Crippen molar-refractivity contribution in [2.45, 2.75) is 44.1 Å². The molecule has 2 N–H and O–H groups in total. The highest BCUT2D eigenvalue weighted by Gasteiger charge is 2.41. The van der Waals surface area contributed by atoms with Crippen LogP contribution in [-0.2, 0) is 9.53 Å². The molecule has 2 fully saturated rings. The van der Waals surface area contributed by atoms with Gasteiger partial charge in [0.25, 0.3) is 0 Å². The number of carbonyl (C=O) groups is 2. The first-order chi connectivity index (χ1) is 14.0. The third-order valence-electron chi connectivity index (χ3n) is 5.43. The third kappa shape index (κ3) is 5.34. The van der Waals surface area contributed by atoms with Crippen molar-refractivity contribution in [1.29, 1.82) is 0 Å². The molecule has 1 aliphatic carbocycles. The Balaban J connectivity index is 1.71. The summed E-state index contributed by atoms with van der Waals surface area (Å²) < 4.78 is 55.5. The first-order valence-corrected chi connectivity index (χ1v) is 9.91. The van der Waals surface area contributed by atoms with E-state index in [-0.39, 0.29) is 16.8 Å². The Kier molecular flexibility index (Phi) is 6.76. The molecule has 11 heteroatoms. The molecule has 1 heterocycles. The number of carbonyl (C=O) groups excluding carboxylic acids is 2. The number of hydrogen-bond donors (Lipinski definition) is 2. The second-order valence-electron chi connectivity index (χ2n) is 7.54. The maximum absolute atomic E-state index is 13.6. The molecule has 2 aliphatic rings. The molecule has 30 heavy (non-hydrogen) atoms. The van der Waals surface area contributed by atoms with E-state index in [0.717, 1.165) is 0 Å². The molecule has 0 aromatic heterocycles. The standard InChI is InChI=1S/C19H22ClF4N3O3/c1-10-17(28)25-4-5-27(10)18(29)26-16(11-2-3-15(21)14(20)8-11)12-6-13(7-12)30-9-19(22,23)24/h2-3,8,10,12-13,16H,4-7,9H2,1H3,(H,25,28)(H,26,29)/t10-,12-,13-,16-/m1/s1. The van der Waals surface area contributed by atoms with Crippen molar-refractivity contribution in [1.82, 2.24) is 15.5 Å². The number of nitrogens with zero attached hydrogens (tertiary/aromatic N) is 1. The fourth-order valence-electron chi connectivity index (χ4n) is 3.68. The molecular formula is C19H22ClF4N3O3. The maximum Gasteiger partial charge on any atom is 0.411 e. The molecule has 0 bridgehead atoms. The van der Waals surface area contributed by atoms with E-state index in [2.05, 4.69) is 10.6 Å². The van der Waals surface area contributed by atoms with E-state index in [1.165, 1.54) is 23.1 Å². The number of hydrogen-bond acceptors (Lipinski definition) is 3. The summed E-state index contributed by atoms with van der Waals surface area (Å²) in [5, 5.41) is 5.38. The number of amides is 3. The number of halogens is 5. The van der Waals surface area contributed by atoms with E-state index in [1.54, 1.807) is 6.92 Å². The molecule has 1 aliphatic heterocycles. The topological polar surface area (TPSA) is 70.7 Å². The Morgan fingerprint density at radius 3 is 2.73 bits per heavy atom. The lowest BCUT2D eigenvalue weighted by Gasteiger charge is -2.42. The molecule has 0 radical (unpaired) electrons. The van der Waals surface area contributed by atoms with Crippen LogP contribution in [0.4, 0.5) is 22.4 Å². The minimum absolute atomic E-state index is 0.123. The first kappa shape index (κ1) is 22.6. The molecule has 1 aromatic carbocycles. The van der Waals surface area contributed by atoms with Crippen molar-refractivity contribution >= 4 is 23.5 Å². The van der Waals surface area contributed by atoms with Gasteiger partial charge in [0.05, 0.1) is 17.2 Å². The van der Waals surface area contributed by atoms with Gasteiger partial charge in [-0.3, -0.25) is 4.79 Å². The summed E-state index contributed by atoms with van der Waals surface area (Å²) in [6.45, 7) is 0.907. The van der Waals surface area contributed by atoms with Gasteiger partial charge in [-0.1, -0.05) is 17.7 Å². The van der Waals surface area contributed by atoms with Gasteiger partial charge < -0.3 is 20.3 Å². The monoisotopic (exact) mass is 451 g/mol. The number of rotatable bonds is 5. The summed E-state index contributed by atoms with van der Waals surface area (Å²) in [6, 6.07) is 2.27. The zero-order chi connectivity index (χ0) is 22.1. The number of alkyl halides is 3. The molecule has 166 valence electrons. The third-order valence-corrected chi connectivity index (χ3v) is 5.72. The van der Waals surface area contributed by atoms with Gasteiger partial charge in [0.2, 0.25) is 5.91 Å². The minimum Gasteiger partial charge on any atom is -0.369 e. The fourth-order valence-corrected chi connectivity index (χ4v) is 3.87.